The largest absolute Gasteiger partial charge is 0.356 e. The molecule has 1 aromatic carbocycles. The lowest BCUT2D eigenvalue weighted by Gasteiger charge is -2.29. The molecular formula is C24H30N4O2S. The summed E-state index contributed by atoms with van der Waals surface area (Å²) >= 11 is 1.45. The highest BCUT2D eigenvalue weighted by molar-refractivity contribution is 8.00. The van der Waals surface area contributed by atoms with Crippen molar-refractivity contribution < 1.29 is 9.59 Å². The molecule has 7 heteroatoms. The van der Waals surface area contributed by atoms with Gasteiger partial charge in [0.05, 0.1) is 11.3 Å². The van der Waals surface area contributed by atoms with Gasteiger partial charge >= 0.3 is 0 Å². The maximum Gasteiger partial charge on any atom is 0.252 e. The molecule has 2 aliphatic rings. The molecule has 0 spiro atoms. The minimum atomic E-state index is -0.120. The number of rotatable bonds is 7. The van der Waals surface area contributed by atoms with Gasteiger partial charge in [-0.15, -0.1) is 11.8 Å². The molecule has 2 amide bonds. The summed E-state index contributed by atoms with van der Waals surface area (Å²) in [6, 6.07) is 11.5. The Bertz CT molecular complexity index is 908. The second-order valence-electron chi connectivity index (χ2n) is 8.09. The SMILES string of the molecule is O=C(NCc1cccnc1N1CCCCC1)c1ccccc1SCC(=O)N1CCCC1. The lowest BCUT2D eigenvalue weighted by Crippen LogP contribution is -2.32. The van der Waals surface area contributed by atoms with E-state index in [4.69, 9.17) is 0 Å². The quantitative estimate of drug-likeness (QED) is 0.668. The first kappa shape index (κ1) is 21.7. The van der Waals surface area contributed by atoms with Crippen LogP contribution in [0, 0.1) is 0 Å². The Morgan fingerprint density at radius 2 is 1.68 bits per heavy atom. The number of thioether (sulfide) groups is 1. The zero-order valence-electron chi connectivity index (χ0n) is 17.9. The number of carbonyl (C=O) groups is 2. The van der Waals surface area contributed by atoms with E-state index in [1.165, 1.54) is 31.0 Å². The fraction of sp³-hybridized carbons (Fsp3) is 0.458. The molecule has 0 unspecified atom stereocenters. The topological polar surface area (TPSA) is 65.5 Å². The number of piperidine rings is 1. The van der Waals surface area contributed by atoms with Gasteiger partial charge in [-0.2, -0.15) is 0 Å². The average molecular weight is 439 g/mol. The molecule has 31 heavy (non-hydrogen) atoms. The zero-order chi connectivity index (χ0) is 21.5. The lowest BCUT2D eigenvalue weighted by molar-refractivity contribution is -0.127. The van der Waals surface area contributed by atoms with Crippen molar-refractivity contribution in [1.82, 2.24) is 15.2 Å². The van der Waals surface area contributed by atoms with E-state index < -0.39 is 0 Å². The van der Waals surface area contributed by atoms with E-state index in [1.807, 2.05) is 47.5 Å². The average Bonchev–Trinajstić information content (AvgIpc) is 3.37. The van der Waals surface area contributed by atoms with Crippen LogP contribution in [0.1, 0.15) is 48.0 Å². The standard InChI is InChI=1S/C24H30N4O2S/c29-22(27-13-6-7-14-27)18-31-21-11-3-2-10-20(21)24(30)26-17-19-9-8-12-25-23(19)28-15-4-1-5-16-28/h2-3,8-12H,1,4-7,13-18H2,(H,26,30). The van der Waals surface area contributed by atoms with Gasteiger partial charge in [0.1, 0.15) is 5.82 Å². The number of likely N-dealkylation sites (tertiary alicyclic amines) is 1. The van der Waals surface area contributed by atoms with E-state index >= 15 is 0 Å². The van der Waals surface area contributed by atoms with Crippen LogP contribution in [0.25, 0.3) is 0 Å². The summed E-state index contributed by atoms with van der Waals surface area (Å²) in [6.45, 7) is 4.17. The van der Waals surface area contributed by atoms with Gasteiger partial charge in [-0.3, -0.25) is 9.59 Å². The molecule has 0 atom stereocenters. The molecule has 0 radical (unpaired) electrons. The summed E-state index contributed by atoms with van der Waals surface area (Å²) in [6.07, 6.45) is 7.63. The van der Waals surface area contributed by atoms with Crippen LogP contribution in [0.5, 0.6) is 0 Å². The highest BCUT2D eigenvalue weighted by Gasteiger charge is 2.20. The maximum atomic E-state index is 13.0. The highest BCUT2D eigenvalue weighted by Crippen LogP contribution is 2.25. The van der Waals surface area contributed by atoms with Crippen LogP contribution in [-0.2, 0) is 11.3 Å². The first-order valence-electron chi connectivity index (χ1n) is 11.2. The van der Waals surface area contributed by atoms with Gasteiger partial charge < -0.3 is 15.1 Å². The van der Waals surface area contributed by atoms with Crippen LogP contribution < -0.4 is 10.2 Å². The van der Waals surface area contributed by atoms with Crippen molar-refractivity contribution in [3.63, 3.8) is 0 Å². The van der Waals surface area contributed by atoms with E-state index in [2.05, 4.69) is 15.2 Å². The second-order valence-corrected chi connectivity index (χ2v) is 9.11. The third-order valence-corrected chi connectivity index (χ3v) is 6.96. The summed E-state index contributed by atoms with van der Waals surface area (Å²) < 4.78 is 0. The zero-order valence-corrected chi connectivity index (χ0v) is 18.7. The first-order chi connectivity index (χ1) is 15.2. The van der Waals surface area contributed by atoms with E-state index in [-0.39, 0.29) is 11.8 Å². The van der Waals surface area contributed by atoms with E-state index in [9.17, 15) is 9.59 Å². The molecule has 2 saturated heterocycles. The predicted octanol–water partition coefficient (Wildman–Crippen LogP) is 3.72. The molecule has 164 valence electrons. The summed E-state index contributed by atoms with van der Waals surface area (Å²) in [7, 11) is 0. The number of nitrogens with zero attached hydrogens (tertiary/aromatic N) is 3. The van der Waals surface area contributed by atoms with Crippen molar-refractivity contribution in [2.24, 2.45) is 0 Å². The Balaban J connectivity index is 1.39. The van der Waals surface area contributed by atoms with Gasteiger partial charge in [0.25, 0.3) is 5.91 Å². The number of anilines is 1. The number of hydrogen-bond donors (Lipinski definition) is 1. The van der Waals surface area contributed by atoms with Crippen LogP contribution >= 0.6 is 11.8 Å². The smallest absolute Gasteiger partial charge is 0.252 e. The summed E-state index contributed by atoms with van der Waals surface area (Å²) in [5.41, 5.74) is 1.65. The number of benzene rings is 1. The van der Waals surface area contributed by atoms with Gasteiger partial charge in [-0.1, -0.05) is 18.2 Å². The summed E-state index contributed by atoms with van der Waals surface area (Å²) in [5.74, 6) is 1.37. The van der Waals surface area contributed by atoms with Crippen LogP contribution in [0.4, 0.5) is 5.82 Å². The minimum Gasteiger partial charge on any atom is -0.356 e. The van der Waals surface area contributed by atoms with Crippen LogP contribution in [0.15, 0.2) is 47.5 Å². The Morgan fingerprint density at radius 3 is 2.48 bits per heavy atom. The normalized spacial score (nSPS) is 16.4. The van der Waals surface area contributed by atoms with Crippen molar-refractivity contribution in [1.29, 1.82) is 0 Å². The fourth-order valence-electron chi connectivity index (χ4n) is 4.21. The van der Waals surface area contributed by atoms with Crippen molar-refractivity contribution in [3.8, 4) is 0 Å². The van der Waals surface area contributed by atoms with Crippen molar-refractivity contribution in [3.05, 3.63) is 53.7 Å². The minimum absolute atomic E-state index is 0.120. The van der Waals surface area contributed by atoms with Crippen molar-refractivity contribution in [2.75, 3.05) is 36.8 Å². The third-order valence-electron chi connectivity index (χ3n) is 5.90. The number of pyridine rings is 1. The number of carbonyl (C=O) groups excluding carboxylic acids is 2. The molecule has 0 bridgehead atoms. The van der Waals surface area contributed by atoms with Crippen LogP contribution in [-0.4, -0.2) is 53.6 Å². The molecule has 3 heterocycles. The molecule has 1 N–H and O–H groups in total. The second kappa shape index (κ2) is 10.7. The number of nitrogens with one attached hydrogen (secondary N) is 1. The number of hydrogen-bond acceptors (Lipinski definition) is 5. The van der Waals surface area contributed by atoms with Gasteiger partial charge in [0.2, 0.25) is 5.91 Å². The third kappa shape index (κ3) is 5.58. The molecule has 2 aromatic rings. The van der Waals surface area contributed by atoms with Gasteiger partial charge in [-0.05, 0) is 50.3 Å². The molecule has 1 aromatic heterocycles. The molecule has 2 aliphatic heterocycles. The van der Waals surface area contributed by atoms with Crippen LogP contribution in [0.2, 0.25) is 0 Å². The Hall–Kier alpha value is -2.54. The molecule has 4 rings (SSSR count). The molecule has 2 fully saturated rings. The van der Waals surface area contributed by atoms with Crippen LogP contribution in [0.3, 0.4) is 0 Å². The van der Waals surface area contributed by atoms with E-state index in [0.29, 0.717) is 17.9 Å². The Kier molecular flexibility index (Phi) is 7.46. The molecule has 0 saturated carbocycles. The summed E-state index contributed by atoms with van der Waals surface area (Å²) in [4.78, 5) is 35.0. The lowest BCUT2D eigenvalue weighted by atomic mass is 10.1. The van der Waals surface area contributed by atoms with Gasteiger partial charge in [-0.25, -0.2) is 4.98 Å². The monoisotopic (exact) mass is 438 g/mol. The van der Waals surface area contributed by atoms with Gasteiger partial charge in [0, 0.05) is 49.4 Å². The van der Waals surface area contributed by atoms with E-state index in [0.717, 1.165) is 55.3 Å². The highest BCUT2D eigenvalue weighted by atomic mass is 32.2. The Morgan fingerprint density at radius 1 is 0.935 bits per heavy atom. The molecule has 0 aliphatic carbocycles. The molecule has 6 nitrogen and oxygen atoms in total. The first-order valence-corrected chi connectivity index (χ1v) is 12.2. The molecular weight excluding hydrogens is 408 g/mol. The van der Waals surface area contributed by atoms with E-state index in [1.54, 1.807) is 0 Å². The van der Waals surface area contributed by atoms with Gasteiger partial charge in [0.15, 0.2) is 0 Å². The predicted molar refractivity (Wildman–Crippen MR) is 124 cm³/mol. The van der Waals surface area contributed by atoms with Crippen molar-refractivity contribution in [2.45, 2.75) is 43.5 Å². The maximum absolute atomic E-state index is 13.0. The number of aromatic nitrogens is 1. The summed E-state index contributed by atoms with van der Waals surface area (Å²) in [5, 5.41) is 3.06. The Labute approximate surface area is 188 Å². The van der Waals surface area contributed by atoms with Crippen molar-refractivity contribution >= 4 is 29.4 Å². The fourth-order valence-corrected chi connectivity index (χ4v) is 5.16. The number of amides is 2.